The van der Waals surface area contributed by atoms with E-state index in [2.05, 4.69) is 16.9 Å². The first kappa shape index (κ1) is 14.8. The van der Waals surface area contributed by atoms with Crippen molar-refractivity contribution in [2.45, 2.75) is 39.2 Å². The molecule has 4 heteroatoms. The van der Waals surface area contributed by atoms with E-state index in [1.165, 1.54) is 12.2 Å². The van der Waals surface area contributed by atoms with Crippen molar-refractivity contribution >= 4 is 17.7 Å². The number of rotatable bonds is 8. The van der Waals surface area contributed by atoms with Gasteiger partial charge in [0.1, 0.15) is 0 Å². The van der Waals surface area contributed by atoms with Gasteiger partial charge in [0, 0.05) is 6.54 Å². The van der Waals surface area contributed by atoms with Crippen molar-refractivity contribution in [1.82, 2.24) is 10.6 Å². The van der Waals surface area contributed by atoms with Crippen LogP contribution in [0.1, 0.15) is 33.6 Å². The maximum absolute atomic E-state index is 11.7. The van der Waals surface area contributed by atoms with Gasteiger partial charge in [-0.25, -0.2) is 0 Å². The number of hydrogen-bond acceptors (Lipinski definition) is 3. The van der Waals surface area contributed by atoms with Crippen LogP contribution in [0.2, 0.25) is 0 Å². The molecule has 0 saturated carbocycles. The smallest absolute Gasteiger partial charge is 0.239 e. The van der Waals surface area contributed by atoms with Crippen molar-refractivity contribution in [3.05, 3.63) is 0 Å². The molecule has 0 aliphatic carbocycles. The fourth-order valence-electron chi connectivity index (χ4n) is 1.32. The Morgan fingerprint density at radius 3 is 2.53 bits per heavy atom. The van der Waals surface area contributed by atoms with Crippen molar-refractivity contribution in [1.29, 1.82) is 0 Å². The van der Waals surface area contributed by atoms with Gasteiger partial charge in [0.25, 0.3) is 0 Å². The highest BCUT2D eigenvalue weighted by Crippen LogP contribution is 2.02. The first-order chi connectivity index (χ1) is 7.04. The second-order valence-corrected chi connectivity index (χ2v) is 5.10. The van der Waals surface area contributed by atoms with E-state index in [0.29, 0.717) is 0 Å². The largest absolute Gasteiger partial charge is 0.355 e. The Labute approximate surface area is 97.8 Å². The Kier molecular flexibility index (Phi) is 7.88. The van der Waals surface area contributed by atoms with Gasteiger partial charge < -0.3 is 10.6 Å². The molecular weight excluding hydrogens is 208 g/mol. The Hall–Kier alpha value is -0.220. The molecule has 0 aromatic heterocycles. The molecule has 0 aliphatic rings. The molecule has 0 heterocycles. The van der Waals surface area contributed by atoms with Crippen LogP contribution in [0.4, 0.5) is 0 Å². The van der Waals surface area contributed by atoms with E-state index in [1.807, 2.05) is 32.5 Å². The molecule has 0 saturated heterocycles. The Balaban J connectivity index is 3.64. The quantitative estimate of drug-likeness (QED) is 0.625. The summed E-state index contributed by atoms with van der Waals surface area (Å²) in [5.41, 5.74) is -0.450. The van der Waals surface area contributed by atoms with Crippen molar-refractivity contribution in [2.24, 2.45) is 0 Å². The molecule has 0 bridgehead atoms. The molecule has 0 rings (SSSR count). The predicted octanol–water partition coefficient (Wildman–Crippen LogP) is 1.63. The molecule has 1 amide bonds. The first-order valence-electron chi connectivity index (χ1n) is 5.57. The lowest BCUT2D eigenvalue weighted by Gasteiger charge is -2.24. The molecule has 0 aromatic rings. The van der Waals surface area contributed by atoms with Crippen LogP contribution in [0.5, 0.6) is 0 Å². The lowest BCUT2D eigenvalue weighted by atomic mass is 10.0. The third kappa shape index (κ3) is 6.79. The Bertz CT molecular complexity index is 183. The molecule has 3 nitrogen and oxygen atoms in total. The second kappa shape index (κ2) is 7.99. The molecule has 0 radical (unpaired) electrons. The zero-order valence-electron chi connectivity index (χ0n) is 10.4. The van der Waals surface area contributed by atoms with Crippen LogP contribution >= 0.6 is 11.8 Å². The summed E-state index contributed by atoms with van der Waals surface area (Å²) in [6, 6.07) is 0. The van der Waals surface area contributed by atoms with Crippen molar-refractivity contribution in [3.63, 3.8) is 0 Å². The van der Waals surface area contributed by atoms with Gasteiger partial charge >= 0.3 is 0 Å². The molecule has 0 aromatic carbocycles. The Morgan fingerprint density at radius 2 is 2.00 bits per heavy atom. The van der Waals surface area contributed by atoms with Gasteiger partial charge in [-0.3, -0.25) is 4.79 Å². The van der Waals surface area contributed by atoms with Crippen LogP contribution in [0.3, 0.4) is 0 Å². The first-order valence-corrected chi connectivity index (χ1v) is 6.96. The highest BCUT2D eigenvalue weighted by molar-refractivity contribution is 7.98. The van der Waals surface area contributed by atoms with Gasteiger partial charge in [0.05, 0.1) is 5.54 Å². The standard InChI is InChI=1S/C11H24N2OS/c1-5-13-11(2,3)10(14)12-8-6-7-9-15-4/h13H,5-9H2,1-4H3,(H,12,14). The van der Waals surface area contributed by atoms with Crippen molar-refractivity contribution < 1.29 is 4.79 Å². The average Bonchev–Trinajstić information content (AvgIpc) is 2.17. The van der Waals surface area contributed by atoms with Gasteiger partial charge in [-0.05, 0) is 45.2 Å². The van der Waals surface area contributed by atoms with E-state index >= 15 is 0 Å². The molecule has 15 heavy (non-hydrogen) atoms. The third-order valence-corrected chi connectivity index (χ3v) is 2.94. The molecule has 90 valence electrons. The Morgan fingerprint density at radius 1 is 1.33 bits per heavy atom. The van der Waals surface area contributed by atoms with Gasteiger partial charge in [-0.1, -0.05) is 6.92 Å². The van der Waals surface area contributed by atoms with E-state index in [0.717, 1.165) is 19.5 Å². The predicted molar refractivity (Wildman–Crippen MR) is 68.4 cm³/mol. The molecular formula is C11H24N2OS. The number of nitrogens with one attached hydrogen (secondary N) is 2. The summed E-state index contributed by atoms with van der Waals surface area (Å²) in [6.07, 6.45) is 4.34. The van der Waals surface area contributed by atoms with Crippen LogP contribution < -0.4 is 10.6 Å². The summed E-state index contributed by atoms with van der Waals surface area (Å²) in [7, 11) is 0. The maximum Gasteiger partial charge on any atom is 0.239 e. The van der Waals surface area contributed by atoms with Crippen molar-refractivity contribution in [3.8, 4) is 0 Å². The molecule has 2 N–H and O–H groups in total. The van der Waals surface area contributed by atoms with Crippen LogP contribution in [0, 0.1) is 0 Å². The second-order valence-electron chi connectivity index (χ2n) is 4.11. The van der Waals surface area contributed by atoms with E-state index in [-0.39, 0.29) is 5.91 Å². The summed E-state index contributed by atoms with van der Waals surface area (Å²) in [6.45, 7) is 7.43. The number of carbonyl (C=O) groups excluding carboxylic acids is 1. The summed E-state index contributed by atoms with van der Waals surface area (Å²) < 4.78 is 0. The summed E-state index contributed by atoms with van der Waals surface area (Å²) >= 11 is 1.85. The zero-order valence-corrected chi connectivity index (χ0v) is 11.2. The normalized spacial score (nSPS) is 11.5. The number of unbranched alkanes of at least 4 members (excludes halogenated alkanes) is 1. The SMILES string of the molecule is CCNC(C)(C)C(=O)NCCCCSC. The maximum atomic E-state index is 11.7. The van der Waals surface area contributed by atoms with E-state index in [4.69, 9.17) is 0 Å². The van der Waals surface area contributed by atoms with Crippen LogP contribution in [0.25, 0.3) is 0 Å². The van der Waals surface area contributed by atoms with Gasteiger partial charge in [0.2, 0.25) is 5.91 Å². The summed E-state index contributed by atoms with van der Waals surface area (Å²) in [5.74, 6) is 1.26. The molecule has 0 unspecified atom stereocenters. The fraction of sp³-hybridized carbons (Fsp3) is 0.909. The minimum Gasteiger partial charge on any atom is -0.355 e. The molecule has 0 atom stereocenters. The van der Waals surface area contributed by atoms with Gasteiger partial charge in [-0.15, -0.1) is 0 Å². The number of amides is 1. The third-order valence-electron chi connectivity index (χ3n) is 2.25. The minimum atomic E-state index is -0.450. The highest BCUT2D eigenvalue weighted by Gasteiger charge is 2.25. The van der Waals surface area contributed by atoms with E-state index in [9.17, 15) is 4.79 Å². The van der Waals surface area contributed by atoms with E-state index < -0.39 is 5.54 Å². The van der Waals surface area contributed by atoms with Crippen LogP contribution in [-0.4, -0.2) is 36.5 Å². The zero-order chi connectivity index (χ0) is 11.7. The monoisotopic (exact) mass is 232 g/mol. The lowest BCUT2D eigenvalue weighted by molar-refractivity contribution is -0.126. The van der Waals surface area contributed by atoms with Gasteiger partial charge in [0.15, 0.2) is 0 Å². The van der Waals surface area contributed by atoms with Crippen LogP contribution in [0.15, 0.2) is 0 Å². The van der Waals surface area contributed by atoms with E-state index in [1.54, 1.807) is 0 Å². The molecule has 0 aliphatic heterocycles. The van der Waals surface area contributed by atoms with Gasteiger partial charge in [-0.2, -0.15) is 11.8 Å². The lowest BCUT2D eigenvalue weighted by Crippen LogP contribution is -2.52. The average molecular weight is 232 g/mol. The molecule has 0 spiro atoms. The van der Waals surface area contributed by atoms with Crippen molar-refractivity contribution in [2.75, 3.05) is 25.1 Å². The minimum absolute atomic E-state index is 0.0912. The number of thioether (sulfide) groups is 1. The number of carbonyl (C=O) groups is 1. The summed E-state index contributed by atoms with van der Waals surface area (Å²) in [5, 5.41) is 6.11. The topological polar surface area (TPSA) is 41.1 Å². The molecule has 0 fully saturated rings. The number of likely N-dealkylation sites (N-methyl/N-ethyl adjacent to an activating group) is 1. The fourth-order valence-corrected chi connectivity index (χ4v) is 1.81. The van der Waals surface area contributed by atoms with Crippen LogP contribution in [-0.2, 0) is 4.79 Å². The number of hydrogen-bond donors (Lipinski definition) is 2. The summed E-state index contributed by atoms with van der Waals surface area (Å²) in [4.78, 5) is 11.7. The highest BCUT2D eigenvalue weighted by atomic mass is 32.2.